The highest BCUT2D eigenvalue weighted by molar-refractivity contribution is 6.39. The predicted molar refractivity (Wildman–Crippen MR) is 122 cm³/mol. The Morgan fingerprint density at radius 1 is 0.939 bits per heavy atom. The summed E-state index contributed by atoms with van der Waals surface area (Å²) in [5.41, 5.74) is 1.07. The first-order valence-corrected chi connectivity index (χ1v) is 12.0. The molecular weight excluding hydrogens is 425 g/mol. The largest absolute Gasteiger partial charge is 0.348 e. The summed E-state index contributed by atoms with van der Waals surface area (Å²) in [6.07, 6.45) is 7.61. The van der Waals surface area contributed by atoms with Gasteiger partial charge >= 0.3 is 6.03 Å². The maximum Gasteiger partial charge on any atom is 0.317 e. The first kappa shape index (κ1) is 23.2. The van der Waals surface area contributed by atoms with E-state index in [9.17, 15) is 18.8 Å². The van der Waals surface area contributed by atoms with Crippen LogP contribution in [-0.2, 0) is 16.1 Å². The lowest BCUT2D eigenvalue weighted by Crippen LogP contribution is -2.52. The van der Waals surface area contributed by atoms with E-state index < -0.39 is 0 Å². The van der Waals surface area contributed by atoms with E-state index in [2.05, 4.69) is 15.7 Å². The Bertz CT molecular complexity index is 890. The molecule has 178 valence electrons. The fourth-order valence-corrected chi connectivity index (χ4v) is 4.66. The molecule has 0 atom stereocenters. The quantitative estimate of drug-likeness (QED) is 0.712. The first-order valence-electron chi connectivity index (χ1n) is 12.0. The number of amides is 4. The van der Waals surface area contributed by atoms with Crippen LogP contribution >= 0.6 is 0 Å². The number of hydrogen-bond acceptors (Lipinski definition) is 4. The molecule has 0 spiro atoms. The van der Waals surface area contributed by atoms with Gasteiger partial charge in [-0.05, 0) is 43.4 Å². The number of benzene rings is 1. The molecule has 1 saturated carbocycles. The molecule has 0 radical (unpaired) electrons. The van der Waals surface area contributed by atoms with Crippen molar-refractivity contribution in [1.82, 2.24) is 20.5 Å². The second-order valence-electron chi connectivity index (χ2n) is 9.14. The fourth-order valence-electron chi connectivity index (χ4n) is 4.66. The average molecular weight is 458 g/mol. The SMILES string of the molecule is O=C(NC1CCN(C(=O)NC2CCCCC2)CC1)C1=NN(Cc2ccc(F)cc2)C(=O)CC1. The van der Waals surface area contributed by atoms with Gasteiger partial charge in [0.2, 0.25) is 5.91 Å². The molecule has 1 aromatic rings. The number of hydrazone groups is 1. The normalized spacial score (nSPS) is 20.4. The Hall–Kier alpha value is -2.97. The smallest absolute Gasteiger partial charge is 0.317 e. The molecule has 2 N–H and O–H groups in total. The summed E-state index contributed by atoms with van der Waals surface area (Å²) in [7, 11) is 0. The van der Waals surface area contributed by atoms with Gasteiger partial charge in [0.1, 0.15) is 11.5 Å². The molecule has 8 nitrogen and oxygen atoms in total. The minimum Gasteiger partial charge on any atom is -0.348 e. The van der Waals surface area contributed by atoms with Crippen molar-refractivity contribution in [3.8, 4) is 0 Å². The number of halogens is 1. The highest BCUT2D eigenvalue weighted by Gasteiger charge is 2.29. The molecule has 9 heteroatoms. The average Bonchev–Trinajstić information content (AvgIpc) is 2.83. The van der Waals surface area contributed by atoms with E-state index in [4.69, 9.17) is 0 Å². The van der Waals surface area contributed by atoms with Gasteiger partial charge in [0.05, 0.1) is 6.54 Å². The highest BCUT2D eigenvalue weighted by Crippen LogP contribution is 2.19. The van der Waals surface area contributed by atoms with Gasteiger partial charge in [0.15, 0.2) is 0 Å². The molecule has 1 aliphatic carbocycles. The standard InChI is InChI=1S/C24H32FN5O3/c25-18-8-6-17(7-9-18)16-30-22(31)11-10-21(28-30)23(32)26-20-12-14-29(15-13-20)24(33)27-19-4-2-1-3-5-19/h6-9,19-20H,1-5,10-16H2,(H,26,32)(H,27,33). The van der Waals surface area contributed by atoms with Crippen LogP contribution in [0.15, 0.2) is 29.4 Å². The molecule has 2 aliphatic heterocycles. The number of rotatable bonds is 5. The lowest BCUT2D eigenvalue weighted by atomic mass is 9.95. The number of piperidine rings is 1. The number of urea groups is 1. The van der Waals surface area contributed by atoms with E-state index in [1.54, 1.807) is 12.1 Å². The van der Waals surface area contributed by atoms with E-state index in [1.165, 1.54) is 36.4 Å². The molecule has 0 aromatic heterocycles. The van der Waals surface area contributed by atoms with Crippen LogP contribution in [0.4, 0.5) is 9.18 Å². The Morgan fingerprint density at radius 2 is 1.61 bits per heavy atom. The van der Waals surface area contributed by atoms with Crippen LogP contribution in [-0.4, -0.2) is 58.6 Å². The van der Waals surface area contributed by atoms with Crippen LogP contribution in [0.2, 0.25) is 0 Å². The van der Waals surface area contributed by atoms with Gasteiger partial charge in [-0.1, -0.05) is 31.4 Å². The maximum atomic E-state index is 13.1. The Kier molecular flexibility index (Phi) is 7.57. The number of nitrogens with zero attached hydrogens (tertiary/aromatic N) is 3. The third kappa shape index (κ3) is 6.30. The van der Waals surface area contributed by atoms with E-state index in [-0.39, 0.29) is 48.7 Å². The number of nitrogens with one attached hydrogen (secondary N) is 2. The molecule has 1 aromatic carbocycles. The van der Waals surface area contributed by atoms with Crippen LogP contribution in [0.25, 0.3) is 0 Å². The number of hydrogen-bond donors (Lipinski definition) is 2. The number of likely N-dealkylation sites (tertiary alicyclic amines) is 1. The van der Waals surface area contributed by atoms with Crippen molar-refractivity contribution in [1.29, 1.82) is 0 Å². The molecule has 2 fully saturated rings. The highest BCUT2D eigenvalue weighted by atomic mass is 19.1. The second-order valence-corrected chi connectivity index (χ2v) is 9.14. The van der Waals surface area contributed by atoms with Crippen LogP contribution in [0, 0.1) is 5.82 Å². The van der Waals surface area contributed by atoms with E-state index in [1.807, 2.05) is 4.90 Å². The molecular formula is C24H32FN5O3. The third-order valence-electron chi connectivity index (χ3n) is 6.66. The topological polar surface area (TPSA) is 94.1 Å². The summed E-state index contributed by atoms with van der Waals surface area (Å²) in [6.45, 7) is 1.40. The number of carbonyl (C=O) groups is 3. The summed E-state index contributed by atoms with van der Waals surface area (Å²) in [6, 6.07) is 6.13. The summed E-state index contributed by atoms with van der Waals surface area (Å²) < 4.78 is 13.1. The zero-order valence-electron chi connectivity index (χ0n) is 18.9. The third-order valence-corrected chi connectivity index (χ3v) is 6.66. The zero-order chi connectivity index (χ0) is 23.2. The monoisotopic (exact) mass is 457 g/mol. The van der Waals surface area contributed by atoms with Crippen molar-refractivity contribution in [2.24, 2.45) is 5.10 Å². The minimum absolute atomic E-state index is 0.00159. The molecule has 1 saturated heterocycles. The second kappa shape index (κ2) is 10.8. The van der Waals surface area contributed by atoms with Crippen LogP contribution in [0.1, 0.15) is 63.4 Å². The summed E-state index contributed by atoms with van der Waals surface area (Å²) in [5.74, 6) is -0.769. The van der Waals surface area contributed by atoms with E-state index >= 15 is 0 Å². The first-order chi connectivity index (χ1) is 16.0. The van der Waals surface area contributed by atoms with Crippen molar-refractivity contribution in [2.75, 3.05) is 13.1 Å². The lowest BCUT2D eigenvalue weighted by molar-refractivity contribution is -0.132. The van der Waals surface area contributed by atoms with Crippen molar-refractivity contribution in [2.45, 2.75) is 76.4 Å². The van der Waals surface area contributed by atoms with Gasteiger partial charge in [-0.3, -0.25) is 9.59 Å². The molecule has 0 unspecified atom stereocenters. The molecule has 3 aliphatic rings. The Balaban J connectivity index is 1.26. The molecule has 33 heavy (non-hydrogen) atoms. The van der Waals surface area contributed by atoms with Gasteiger partial charge in [-0.15, -0.1) is 0 Å². The maximum absolute atomic E-state index is 13.1. The van der Waals surface area contributed by atoms with Gasteiger partial charge in [0, 0.05) is 38.0 Å². The van der Waals surface area contributed by atoms with Crippen LogP contribution < -0.4 is 10.6 Å². The van der Waals surface area contributed by atoms with Crippen molar-refractivity contribution in [3.05, 3.63) is 35.6 Å². The molecule has 4 amide bonds. The van der Waals surface area contributed by atoms with E-state index in [0.717, 1.165) is 18.4 Å². The summed E-state index contributed by atoms with van der Waals surface area (Å²) >= 11 is 0. The molecule has 4 rings (SSSR count). The van der Waals surface area contributed by atoms with Gasteiger partial charge in [-0.2, -0.15) is 5.10 Å². The van der Waals surface area contributed by atoms with Gasteiger partial charge < -0.3 is 15.5 Å². The predicted octanol–water partition coefficient (Wildman–Crippen LogP) is 2.93. The van der Waals surface area contributed by atoms with Gasteiger partial charge in [-0.25, -0.2) is 14.2 Å². The van der Waals surface area contributed by atoms with Crippen LogP contribution in [0.5, 0.6) is 0 Å². The van der Waals surface area contributed by atoms with Crippen molar-refractivity contribution >= 4 is 23.6 Å². The summed E-state index contributed by atoms with van der Waals surface area (Å²) in [5, 5.41) is 11.7. The van der Waals surface area contributed by atoms with Crippen molar-refractivity contribution < 1.29 is 18.8 Å². The van der Waals surface area contributed by atoms with Crippen LogP contribution in [0.3, 0.4) is 0 Å². The fraction of sp³-hybridized carbons (Fsp3) is 0.583. The minimum atomic E-state index is -0.343. The molecule has 2 heterocycles. The Labute approximate surface area is 193 Å². The van der Waals surface area contributed by atoms with Gasteiger partial charge in [0.25, 0.3) is 5.91 Å². The van der Waals surface area contributed by atoms with E-state index in [0.29, 0.717) is 38.1 Å². The Morgan fingerprint density at radius 3 is 2.30 bits per heavy atom. The van der Waals surface area contributed by atoms with Crippen molar-refractivity contribution in [3.63, 3.8) is 0 Å². The summed E-state index contributed by atoms with van der Waals surface area (Å²) in [4.78, 5) is 39.4. The zero-order valence-corrected chi connectivity index (χ0v) is 18.9. The lowest BCUT2D eigenvalue weighted by Gasteiger charge is -2.34. The molecule has 0 bridgehead atoms. The number of carbonyl (C=O) groups excluding carboxylic acids is 3.